The van der Waals surface area contributed by atoms with Gasteiger partial charge in [-0.05, 0) is 93.5 Å². The summed E-state index contributed by atoms with van der Waals surface area (Å²) in [5.74, 6) is 1.93. The smallest absolute Gasteiger partial charge is 0.258 e. The van der Waals surface area contributed by atoms with Crippen molar-refractivity contribution in [3.8, 4) is 34.7 Å². The molecule has 1 aromatic heterocycles. The summed E-state index contributed by atoms with van der Waals surface area (Å²) in [6.07, 6.45) is 6.06. The lowest BCUT2D eigenvalue weighted by Crippen LogP contribution is -2.33. The van der Waals surface area contributed by atoms with Gasteiger partial charge >= 0.3 is 0 Å². The Bertz CT molecular complexity index is 1540. The van der Waals surface area contributed by atoms with Crippen LogP contribution in [0.25, 0.3) is 22.8 Å². The van der Waals surface area contributed by atoms with E-state index in [1.54, 1.807) is 18.2 Å². The average molecular weight is 593 g/mol. The first kappa shape index (κ1) is 30.2. The molecule has 0 aliphatic heterocycles. The van der Waals surface area contributed by atoms with E-state index in [2.05, 4.69) is 27.9 Å². The molecule has 224 valence electrons. The maximum absolute atomic E-state index is 13.2. The van der Waals surface area contributed by atoms with Crippen LogP contribution in [0.1, 0.15) is 88.4 Å². The van der Waals surface area contributed by atoms with E-state index in [0.29, 0.717) is 46.8 Å². The van der Waals surface area contributed by atoms with Crippen LogP contribution in [0, 0.1) is 23.2 Å². The van der Waals surface area contributed by atoms with Gasteiger partial charge in [0.05, 0.1) is 23.5 Å². The third-order valence-corrected chi connectivity index (χ3v) is 9.94. The number of aliphatic hydroxyl groups is 1. The predicted octanol–water partition coefficient (Wildman–Crippen LogP) is 5.94. The number of hydrogen-bond donors (Lipinski definition) is 2. The number of benzene rings is 2. The maximum atomic E-state index is 13.2. The topological polar surface area (TPSA) is 138 Å². The van der Waals surface area contributed by atoms with E-state index >= 15 is 0 Å². The Kier molecular flexibility index (Phi) is 9.31. The van der Waals surface area contributed by atoms with E-state index in [4.69, 9.17) is 9.26 Å². The minimum absolute atomic E-state index is 0.0595. The molecule has 2 aliphatic carbocycles. The third-order valence-electron chi connectivity index (χ3n) is 8.52. The summed E-state index contributed by atoms with van der Waals surface area (Å²) in [4.78, 5) is 4.64. The molecule has 1 saturated carbocycles. The maximum Gasteiger partial charge on any atom is 0.258 e. The Morgan fingerprint density at radius 1 is 1.19 bits per heavy atom. The van der Waals surface area contributed by atoms with Crippen LogP contribution in [-0.2, 0) is 16.4 Å². The van der Waals surface area contributed by atoms with Crippen molar-refractivity contribution in [3.63, 3.8) is 0 Å². The van der Waals surface area contributed by atoms with Gasteiger partial charge in [0.25, 0.3) is 5.89 Å². The Labute approximate surface area is 248 Å². The molecule has 9 nitrogen and oxygen atoms in total. The molecule has 2 aromatic carbocycles. The number of hydrogen-bond acceptors (Lipinski definition) is 8. The molecule has 4 atom stereocenters. The van der Waals surface area contributed by atoms with Crippen molar-refractivity contribution in [1.82, 2.24) is 14.9 Å². The molecule has 42 heavy (non-hydrogen) atoms. The van der Waals surface area contributed by atoms with E-state index < -0.39 is 10.0 Å². The molecule has 0 bridgehead atoms. The zero-order chi connectivity index (χ0) is 29.9. The van der Waals surface area contributed by atoms with Crippen LogP contribution in [0.15, 0.2) is 40.9 Å². The summed E-state index contributed by atoms with van der Waals surface area (Å²) in [5.41, 5.74) is 3.79. The number of ether oxygens (including phenoxy) is 1. The average Bonchev–Trinajstić information content (AvgIpc) is 3.38. The highest BCUT2D eigenvalue weighted by molar-refractivity contribution is 7.89. The fraction of sp³-hybridized carbons (Fsp3) is 0.531. The van der Waals surface area contributed by atoms with Gasteiger partial charge in [0.2, 0.25) is 15.8 Å². The van der Waals surface area contributed by atoms with Gasteiger partial charge in [-0.1, -0.05) is 43.1 Å². The van der Waals surface area contributed by atoms with Gasteiger partial charge in [-0.2, -0.15) is 10.2 Å². The van der Waals surface area contributed by atoms with Crippen LogP contribution in [0.5, 0.6) is 5.75 Å². The molecule has 0 spiro atoms. The van der Waals surface area contributed by atoms with Crippen LogP contribution >= 0.6 is 0 Å². The van der Waals surface area contributed by atoms with E-state index in [9.17, 15) is 18.8 Å². The second-order valence-corrected chi connectivity index (χ2v) is 13.9. The summed E-state index contributed by atoms with van der Waals surface area (Å²) in [6, 6.07) is 12.9. The quantitative estimate of drug-likeness (QED) is 0.291. The first-order chi connectivity index (χ1) is 20.1. The van der Waals surface area contributed by atoms with Gasteiger partial charge in [0, 0.05) is 17.2 Å². The zero-order valence-corrected chi connectivity index (χ0v) is 25.4. The normalized spacial score (nSPS) is 22.8. The molecule has 1 fully saturated rings. The predicted molar refractivity (Wildman–Crippen MR) is 160 cm³/mol. The fourth-order valence-electron chi connectivity index (χ4n) is 6.39. The number of nitrogens with zero attached hydrogens (tertiary/aromatic N) is 3. The fourth-order valence-corrected chi connectivity index (χ4v) is 7.80. The van der Waals surface area contributed by atoms with E-state index in [-0.39, 0.29) is 24.0 Å². The van der Waals surface area contributed by atoms with Gasteiger partial charge in [-0.3, -0.25) is 0 Å². The van der Waals surface area contributed by atoms with Crippen molar-refractivity contribution >= 4 is 10.0 Å². The van der Waals surface area contributed by atoms with Crippen molar-refractivity contribution in [2.45, 2.75) is 90.4 Å². The number of aliphatic hydroxyl groups excluding tert-OH is 1. The van der Waals surface area contributed by atoms with E-state index in [0.717, 1.165) is 61.6 Å². The van der Waals surface area contributed by atoms with Crippen molar-refractivity contribution < 1.29 is 22.8 Å². The van der Waals surface area contributed by atoms with Crippen molar-refractivity contribution in [2.24, 2.45) is 11.8 Å². The summed E-state index contributed by atoms with van der Waals surface area (Å²) < 4.78 is 40.8. The first-order valence-electron chi connectivity index (χ1n) is 15.0. The minimum atomic E-state index is -3.50. The summed E-state index contributed by atoms with van der Waals surface area (Å²) in [6.45, 7) is 5.93. The summed E-state index contributed by atoms with van der Waals surface area (Å²) in [7, 11) is -3.50. The molecule has 3 aromatic rings. The monoisotopic (exact) mass is 592 g/mol. The van der Waals surface area contributed by atoms with Gasteiger partial charge in [0.1, 0.15) is 11.8 Å². The van der Waals surface area contributed by atoms with Gasteiger partial charge in [-0.15, -0.1) is 0 Å². The second kappa shape index (κ2) is 12.9. The summed E-state index contributed by atoms with van der Waals surface area (Å²) >= 11 is 0. The Balaban J connectivity index is 1.32. The Morgan fingerprint density at radius 3 is 2.81 bits per heavy atom. The zero-order valence-electron chi connectivity index (χ0n) is 24.5. The highest BCUT2D eigenvalue weighted by Gasteiger charge is 2.30. The lowest BCUT2D eigenvalue weighted by Gasteiger charge is -2.28. The first-order valence-corrected chi connectivity index (χ1v) is 16.6. The van der Waals surface area contributed by atoms with Gasteiger partial charge in [0.15, 0.2) is 0 Å². The van der Waals surface area contributed by atoms with Gasteiger partial charge < -0.3 is 14.4 Å². The molecule has 1 heterocycles. The summed E-state index contributed by atoms with van der Waals surface area (Å²) in [5, 5.41) is 23.9. The van der Waals surface area contributed by atoms with Gasteiger partial charge in [-0.25, -0.2) is 13.1 Å². The molecule has 0 radical (unpaired) electrons. The molecule has 2 aliphatic rings. The molecule has 0 saturated heterocycles. The largest absolute Gasteiger partial charge is 0.490 e. The molecule has 2 unspecified atom stereocenters. The number of aromatic nitrogens is 2. The Morgan fingerprint density at radius 2 is 2.02 bits per heavy atom. The van der Waals surface area contributed by atoms with Crippen LogP contribution in [0.4, 0.5) is 0 Å². The van der Waals surface area contributed by atoms with Crippen molar-refractivity contribution in [2.75, 3.05) is 5.75 Å². The van der Waals surface area contributed by atoms with E-state index in [1.165, 1.54) is 0 Å². The number of fused-ring (bicyclic) bond motifs is 1. The SMILES string of the molecule is CC(C)Oc1ccc(-c2nc(-c3cccc4c3CCCC4NS(=O)(=O)CCC3CCC[C@@H](O)C[C@H]3C)no2)cc1C#N. The van der Waals surface area contributed by atoms with Crippen LogP contribution < -0.4 is 9.46 Å². The van der Waals surface area contributed by atoms with Crippen LogP contribution in [0.3, 0.4) is 0 Å². The van der Waals surface area contributed by atoms with E-state index in [1.807, 2.05) is 32.0 Å². The number of rotatable bonds is 9. The highest BCUT2D eigenvalue weighted by atomic mass is 32.2. The molecule has 2 N–H and O–H groups in total. The standard InChI is InChI=1S/C32H40N4O5S/c1-20(2)40-30-14-13-23(18-24(30)19-33)32-34-31(35-41-32)28-11-5-10-27-26(28)9-6-12-29(27)36-42(38,39)16-15-22-7-4-8-25(37)17-21(22)3/h5,10-11,13-14,18,20-22,25,29,36-37H,4,6-9,12,15-17H2,1-3H3/t21-,22?,25-,29?/m1/s1. The molecular weight excluding hydrogens is 552 g/mol. The lowest BCUT2D eigenvalue weighted by atomic mass is 9.85. The molecule has 5 rings (SSSR count). The third kappa shape index (κ3) is 7.02. The van der Waals surface area contributed by atoms with Crippen LogP contribution in [-0.4, -0.2) is 41.6 Å². The molecular formula is C32H40N4O5S. The number of nitriles is 1. The number of nitrogens with one attached hydrogen (secondary N) is 1. The van der Waals surface area contributed by atoms with Crippen LogP contribution in [0.2, 0.25) is 0 Å². The Hall–Kier alpha value is -3.26. The van der Waals surface area contributed by atoms with Crippen molar-refractivity contribution in [1.29, 1.82) is 5.26 Å². The molecule has 10 heteroatoms. The highest BCUT2D eigenvalue weighted by Crippen LogP contribution is 2.37. The van der Waals surface area contributed by atoms with Crippen molar-refractivity contribution in [3.05, 3.63) is 53.1 Å². The molecule has 0 amide bonds. The second-order valence-electron chi connectivity index (χ2n) is 12.0. The minimum Gasteiger partial charge on any atom is -0.490 e. The lowest BCUT2D eigenvalue weighted by molar-refractivity contribution is 0.137. The number of sulfonamides is 1.